The summed E-state index contributed by atoms with van der Waals surface area (Å²) in [5.74, 6) is 0.282. The zero-order valence-corrected chi connectivity index (χ0v) is 12.3. The molecule has 18 heavy (non-hydrogen) atoms. The zero-order chi connectivity index (χ0) is 13.7. The van der Waals surface area contributed by atoms with Crippen molar-refractivity contribution in [1.82, 2.24) is 10.2 Å². The number of carbonyl (C=O) groups excluding carboxylic acids is 1. The van der Waals surface area contributed by atoms with Gasteiger partial charge in [0.1, 0.15) is 6.04 Å². The van der Waals surface area contributed by atoms with Crippen LogP contribution in [0.5, 0.6) is 0 Å². The molecule has 0 aliphatic rings. The SMILES string of the molecule is CC(C)C(CN(C)C)NC(=O)C(N)c1cccs1. The van der Waals surface area contributed by atoms with Gasteiger partial charge in [0.15, 0.2) is 0 Å². The summed E-state index contributed by atoms with van der Waals surface area (Å²) in [4.78, 5) is 15.1. The summed E-state index contributed by atoms with van der Waals surface area (Å²) < 4.78 is 0. The van der Waals surface area contributed by atoms with Crippen molar-refractivity contribution < 1.29 is 4.79 Å². The van der Waals surface area contributed by atoms with Crippen LogP contribution in [0.25, 0.3) is 0 Å². The Morgan fingerprint density at radius 2 is 2.17 bits per heavy atom. The van der Waals surface area contributed by atoms with Crippen molar-refractivity contribution in [3.63, 3.8) is 0 Å². The summed E-state index contributed by atoms with van der Waals surface area (Å²) in [6.45, 7) is 5.02. The molecule has 5 heteroatoms. The van der Waals surface area contributed by atoms with Crippen LogP contribution >= 0.6 is 11.3 Å². The van der Waals surface area contributed by atoms with Gasteiger partial charge in [0.25, 0.3) is 0 Å². The monoisotopic (exact) mass is 269 g/mol. The number of rotatable bonds is 6. The molecule has 0 saturated carbocycles. The van der Waals surface area contributed by atoms with Crippen LogP contribution in [0.15, 0.2) is 17.5 Å². The van der Waals surface area contributed by atoms with Crippen LogP contribution in [0.2, 0.25) is 0 Å². The number of nitrogens with two attached hydrogens (primary N) is 1. The maximum absolute atomic E-state index is 12.1. The fourth-order valence-corrected chi connectivity index (χ4v) is 2.41. The molecule has 1 heterocycles. The van der Waals surface area contributed by atoms with Gasteiger partial charge in [0.05, 0.1) is 0 Å². The summed E-state index contributed by atoms with van der Waals surface area (Å²) in [5, 5.41) is 4.97. The number of amides is 1. The minimum absolute atomic E-state index is 0.0991. The predicted molar refractivity (Wildman–Crippen MR) is 76.6 cm³/mol. The average molecular weight is 269 g/mol. The third-order valence-electron chi connectivity index (χ3n) is 2.83. The van der Waals surface area contributed by atoms with Crippen LogP contribution in [-0.2, 0) is 4.79 Å². The van der Waals surface area contributed by atoms with Crippen molar-refractivity contribution in [3.05, 3.63) is 22.4 Å². The molecule has 0 saturated heterocycles. The van der Waals surface area contributed by atoms with E-state index in [-0.39, 0.29) is 11.9 Å². The standard InChI is InChI=1S/C13H23N3OS/c1-9(2)10(8-16(3)4)15-13(17)12(14)11-6-5-7-18-11/h5-7,9-10,12H,8,14H2,1-4H3,(H,15,17). The van der Waals surface area contributed by atoms with E-state index in [9.17, 15) is 4.79 Å². The Bertz CT molecular complexity index is 362. The highest BCUT2D eigenvalue weighted by molar-refractivity contribution is 7.10. The molecule has 0 aliphatic carbocycles. The lowest BCUT2D eigenvalue weighted by atomic mass is 10.0. The normalized spacial score (nSPS) is 14.8. The molecular formula is C13H23N3OS. The molecule has 0 aromatic carbocycles. The molecule has 1 aromatic rings. The zero-order valence-electron chi connectivity index (χ0n) is 11.5. The van der Waals surface area contributed by atoms with Gasteiger partial charge in [-0.05, 0) is 31.5 Å². The first-order valence-electron chi connectivity index (χ1n) is 6.16. The van der Waals surface area contributed by atoms with Crippen molar-refractivity contribution in [2.75, 3.05) is 20.6 Å². The van der Waals surface area contributed by atoms with Crippen LogP contribution in [0, 0.1) is 5.92 Å². The van der Waals surface area contributed by atoms with Crippen LogP contribution in [-0.4, -0.2) is 37.5 Å². The molecule has 1 aromatic heterocycles. The molecule has 4 nitrogen and oxygen atoms in total. The summed E-state index contributed by atoms with van der Waals surface area (Å²) in [6.07, 6.45) is 0. The van der Waals surface area contributed by atoms with Gasteiger partial charge < -0.3 is 16.0 Å². The van der Waals surface area contributed by atoms with E-state index in [1.807, 2.05) is 31.6 Å². The highest BCUT2D eigenvalue weighted by atomic mass is 32.1. The van der Waals surface area contributed by atoms with Gasteiger partial charge in [-0.3, -0.25) is 4.79 Å². The van der Waals surface area contributed by atoms with E-state index in [1.165, 1.54) is 11.3 Å². The minimum atomic E-state index is -0.562. The number of nitrogens with zero attached hydrogens (tertiary/aromatic N) is 1. The third kappa shape index (κ3) is 4.40. The molecule has 0 aliphatic heterocycles. The molecular weight excluding hydrogens is 246 g/mol. The smallest absolute Gasteiger partial charge is 0.242 e. The lowest BCUT2D eigenvalue weighted by molar-refractivity contribution is -0.123. The van der Waals surface area contributed by atoms with Gasteiger partial charge in [-0.2, -0.15) is 0 Å². The lowest BCUT2D eigenvalue weighted by Crippen LogP contribution is -2.47. The van der Waals surface area contributed by atoms with Crippen LogP contribution < -0.4 is 11.1 Å². The number of likely N-dealkylation sites (N-methyl/N-ethyl adjacent to an activating group) is 1. The first-order valence-corrected chi connectivity index (χ1v) is 7.04. The maximum Gasteiger partial charge on any atom is 0.242 e. The topological polar surface area (TPSA) is 58.4 Å². The third-order valence-corrected chi connectivity index (χ3v) is 3.78. The fraction of sp³-hybridized carbons (Fsp3) is 0.615. The molecule has 2 atom stereocenters. The Labute approximate surface area is 113 Å². The Kier molecular flexibility index (Phi) is 5.78. The number of thiophene rings is 1. The summed E-state index contributed by atoms with van der Waals surface area (Å²) in [7, 11) is 4.00. The van der Waals surface area contributed by atoms with Gasteiger partial charge in [0.2, 0.25) is 5.91 Å². The maximum atomic E-state index is 12.1. The van der Waals surface area contributed by atoms with Crippen molar-refractivity contribution >= 4 is 17.2 Å². The van der Waals surface area contributed by atoms with E-state index in [4.69, 9.17) is 5.73 Å². The number of hydrogen-bond donors (Lipinski definition) is 2. The summed E-state index contributed by atoms with van der Waals surface area (Å²) in [6, 6.07) is 3.37. The quantitative estimate of drug-likeness (QED) is 0.822. The van der Waals surface area contributed by atoms with E-state index >= 15 is 0 Å². The van der Waals surface area contributed by atoms with Crippen molar-refractivity contribution in [1.29, 1.82) is 0 Å². The molecule has 3 N–H and O–H groups in total. The van der Waals surface area contributed by atoms with Crippen molar-refractivity contribution in [2.45, 2.75) is 25.9 Å². The largest absolute Gasteiger partial charge is 0.350 e. The van der Waals surface area contributed by atoms with Crippen LogP contribution in [0.1, 0.15) is 24.8 Å². The van der Waals surface area contributed by atoms with Gasteiger partial charge in [-0.1, -0.05) is 19.9 Å². The van der Waals surface area contributed by atoms with Gasteiger partial charge >= 0.3 is 0 Å². The Morgan fingerprint density at radius 3 is 2.61 bits per heavy atom. The average Bonchev–Trinajstić information content (AvgIpc) is 2.79. The van der Waals surface area contributed by atoms with E-state index < -0.39 is 6.04 Å². The van der Waals surface area contributed by atoms with E-state index in [0.717, 1.165) is 11.4 Å². The number of hydrogen-bond acceptors (Lipinski definition) is 4. The molecule has 1 rings (SSSR count). The van der Waals surface area contributed by atoms with Crippen LogP contribution in [0.3, 0.4) is 0 Å². The molecule has 0 bridgehead atoms. The second kappa shape index (κ2) is 6.87. The van der Waals surface area contributed by atoms with Gasteiger partial charge in [0, 0.05) is 17.5 Å². The lowest BCUT2D eigenvalue weighted by Gasteiger charge is -2.26. The minimum Gasteiger partial charge on any atom is -0.350 e. The Balaban J connectivity index is 2.61. The highest BCUT2D eigenvalue weighted by Gasteiger charge is 2.22. The second-order valence-electron chi connectivity index (χ2n) is 5.11. The molecule has 0 spiro atoms. The summed E-state index contributed by atoms with van der Waals surface area (Å²) >= 11 is 1.51. The van der Waals surface area contributed by atoms with E-state index in [2.05, 4.69) is 24.1 Å². The molecule has 2 unspecified atom stereocenters. The first kappa shape index (κ1) is 15.1. The molecule has 102 valence electrons. The number of nitrogens with one attached hydrogen (secondary N) is 1. The van der Waals surface area contributed by atoms with Gasteiger partial charge in [-0.15, -0.1) is 11.3 Å². The molecule has 0 radical (unpaired) electrons. The van der Waals surface area contributed by atoms with Gasteiger partial charge in [-0.25, -0.2) is 0 Å². The Hall–Kier alpha value is -0.910. The Morgan fingerprint density at radius 1 is 1.50 bits per heavy atom. The molecule has 1 amide bonds. The van der Waals surface area contributed by atoms with Crippen molar-refractivity contribution in [3.8, 4) is 0 Å². The first-order chi connectivity index (χ1) is 8.41. The summed E-state index contributed by atoms with van der Waals surface area (Å²) in [5.41, 5.74) is 5.95. The van der Waals surface area contributed by atoms with E-state index in [1.54, 1.807) is 0 Å². The highest BCUT2D eigenvalue weighted by Crippen LogP contribution is 2.17. The second-order valence-corrected chi connectivity index (χ2v) is 6.09. The van der Waals surface area contributed by atoms with Crippen molar-refractivity contribution in [2.24, 2.45) is 11.7 Å². The number of carbonyl (C=O) groups is 1. The fourth-order valence-electron chi connectivity index (χ4n) is 1.69. The van der Waals surface area contributed by atoms with Crippen LogP contribution in [0.4, 0.5) is 0 Å². The predicted octanol–water partition coefficient (Wildman–Crippen LogP) is 1.45. The molecule has 0 fully saturated rings. The van der Waals surface area contributed by atoms with E-state index in [0.29, 0.717) is 5.92 Å².